The second kappa shape index (κ2) is 5.98. The van der Waals surface area contributed by atoms with Gasteiger partial charge < -0.3 is 8.37 Å². The smallest absolute Gasteiger partial charge is 0.306 e. The van der Waals surface area contributed by atoms with Gasteiger partial charge in [0.1, 0.15) is 0 Å². The zero-order valence-corrected chi connectivity index (χ0v) is 13.5. The summed E-state index contributed by atoms with van der Waals surface area (Å²) in [6.45, 7) is 0. The zero-order chi connectivity index (χ0) is 16.4. The standard InChI is InChI=1S/C14H14O6S2/c1-21(15,16)19-13-10-6-9-12(11-7-4-3-5-8-11)14(13)20-22(2,17)18/h3-10H,1-2H3. The van der Waals surface area contributed by atoms with Gasteiger partial charge in [-0.2, -0.15) is 16.8 Å². The van der Waals surface area contributed by atoms with Gasteiger partial charge in [0.05, 0.1) is 12.5 Å². The fourth-order valence-corrected chi connectivity index (χ4v) is 2.76. The Morgan fingerprint density at radius 1 is 0.727 bits per heavy atom. The molecule has 22 heavy (non-hydrogen) atoms. The van der Waals surface area contributed by atoms with E-state index in [9.17, 15) is 16.8 Å². The van der Waals surface area contributed by atoms with Crippen LogP contribution in [0.25, 0.3) is 11.1 Å². The van der Waals surface area contributed by atoms with Gasteiger partial charge in [0, 0.05) is 5.56 Å². The van der Waals surface area contributed by atoms with Gasteiger partial charge in [0.2, 0.25) is 0 Å². The molecule has 0 radical (unpaired) electrons. The van der Waals surface area contributed by atoms with Crippen LogP contribution in [0.2, 0.25) is 0 Å². The third kappa shape index (κ3) is 4.47. The molecule has 0 amide bonds. The molecule has 118 valence electrons. The van der Waals surface area contributed by atoms with Crippen LogP contribution >= 0.6 is 0 Å². The quantitative estimate of drug-likeness (QED) is 0.773. The lowest BCUT2D eigenvalue weighted by atomic mass is 10.0. The van der Waals surface area contributed by atoms with E-state index >= 15 is 0 Å². The molecule has 2 aromatic carbocycles. The molecule has 2 aromatic rings. The van der Waals surface area contributed by atoms with Crippen molar-refractivity contribution in [1.82, 2.24) is 0 Å². The van der Waals surface area contributed by atoms with Crippen LogP contribution in [0.1, 0.15) is 0 Å². The summed E-state index contributed by atoms with van der Waals surface area (Å²) in [5.41, 5.74) is 1.08. The lowest BCUT2D eigenvalue weighted by molar-refractivity contribution is 0.456. The average molecular weight is 342 g/mol. The molecule has 0 aliphatic carbocycles. The van der Waals surface area contributed by atoms with Crippen LogP contribution in [0.15, 0.2) is 48.5 Å². The van der Waals surface area contributed by atoms with Crippen molar-refractivity contribution in [3.63, 3.8) is 0 Å². The van der Waals surface area contributed by atoms with Gasteiger partial charge in [-0.25, -0.2) is 0 Å². The first-order chi connectivity index (χ1) is 10.2. The Morgan fingerprint density at radius 3 is 1.86 bits per heavy atom. The summed E-state index contributed by atoms with van der Waals surface area (Å²) < 4.78 is 55.4. The topological polar surface area (TPSA) is 86.7 Å². The zero-order valence-electron chi connectivity index (χ0n) is 11.9. The van der Waals surface area contributed by atoms with Crippen molar-refractivity contribution in [2.45, 2.75) is 0 Å². The minimum absolute atomic E-state index is 0.165. The summed E-state index contributed by atoms with van der Waals surface area (Å²) in [6, 6.07) is 13.3. The van der Waals surface area contributed by atoms with E-state index in [4.69, 9.17) is 8.37 Å². The van der Waals surface area contributed by atoms with Crippen LogP contribution in [0.5, 0.6) is 11.5 Å². The van der Waals surface area contributed by atoms with Crippen molar-refractivity contribution < 1.29 is 25.2 Å². The van der Waals surface area contributed by atoms with Crippen LogP contribution in [0.3, 0.4) is 0 Å². The van der Waals surface area contributed by atoms with Crippen molar-refractivity contribution in [1.29, 1.82) is 0 Å². The predicted molar refractivity (Wildman–Crippen MR) is 82.8 cm³/mol. The first-order valence-corrected chi connectivity index (χ1v) is 9.76. The first kappa shape index (κ1) is 16.3. The Hall–Kier alpha value is -2.06. The molecule has 0 saturated heterocycles. The lowest BCUT2D eigenvalue weighted by Crippen LogP contribution is -2.11. The molecule has 0 aliphatic rings. The third-order valence-electron chi connectivity index (χ3n) is 2.54. The fraction of sp³-hybridized carbons (Fsp3) is 0.143. The van der Waals surface area contributed by atoms with Crippen molar-refractivity contribution >= 4 is 20.2 Å². The second-order valence-electron chi connectivity index (χ2n) is 4.57. The summed E-state index contributed by atoms with van der Waals surface area (Å²) in [6.07, 6.45) is 1.74. The molecule has 0 bridgehead atoms. The molecule has 0 N–H and O–H groups in total. The maximum Gasteiger partial charge on any atom is 0.306 e. The maximum absolute atomic E-state index is 11.5. The molecule has 0 spiro atoms. The normalized spacial score (nSPS) is 11.9. The van der Waals surface area contributed by atoms with Gasteiger partial charge >= 0.3 is 20.2 Å². The van der Waals surface area contributed by atoms with Crippen LogP contribution in [-0.4, -0.2) is 29.3 Å². The number of hydrogen-bond donors (Lipinski definition) is 0. The van der Waals surface area contributed by atoms with Crippen LogP contribution < -0.4 is 8.37 Å². The van der Waals surface area contributed by atoms with E-state index in [0.29, 0.717) is 11.1 Å². The fourth-order valence-electron chi connectivity index (χ4n) is 1.83. The average Bonchev–Trinajstić information content (AvgIpc) is 2.38. The van der Waals surface area contributed by atoms with Crippen LogP contribution in [0, 0.1) is 0 Å². The van der Waals surface area contributed by atoms with E-state index in [1.165, 1.54) is 6.07 Å². The van der Waals surface area contributed by atoms with E-state index in [1.807, 2.05) is 0 Å². The summed E-state index contributed by atoms with van der Waals surface area (Å²) in [4.78, 5) is 0. The number of rotatable bonds is 5. The number of benzene rings is 2. The molecule has 0 atom stereocenters. The molecule has 8 heteroatoms. The van der Waals surface area contributed by atoms with Crippen molar-refractivity contribution in [3.8, 4) is 22.6 Å². The minimum atomic E-state index is -3.86. The summed E-state index contributed by atoms with van der Waals surface area (Å²) in [5.74, 6) is -0.351. The highest BCUT2D eigenvalue weighted by Crippen LogP contribution is 2.39. The van der Waals surface area contributed by atoms with Crippen LogP contribution in [-0.2, 0) is 20.2 Å². The Morgan fingerprint density at radius 2 is 1.32 bits per heavy atom. The highest BCUT2D eigenvalue weighted by atomic mass is 32.2. The molecule has 0 unspecified atom stereocenters. The van der Waals surface area contributed by atoms with Crippen LogP contribution in [0.4, 0.5) is 0 Å². The SMILES string of the molecule is CS(=O)(=O)Oc1cccc(-c2ccccc2)c1OS(C)(=O)=O. The van der Waals surface area contributed by atoms with Gasteiger partial charge in [-0.15, -0.1) is 0 Å². The second-order valence-corrected chi connectivity index (χ2v) is 7.72. The number of hydrogen-bond acceptors (Lipinski definition) is 6. The Kier molecular flexibility index (Phi) is 4.43. The highest BCUT2D eigenvalue weighted by molar-refractivity contribution is 7.86. The van der Waals surface area contributed by atoms with E-state index in [2.05, 4.69) is 0 Å². The van der Waals surface area contributed by atoms with E-state index in [0.717, 1.165) is 12.5 Å². The molecule has 2 rings (SSSR count). The Labute approximate surface area is 129 Å². The summed E-state index contributed by atoms with van der Waals surface area (Å²) in [7, 11) is -7.69. The van der Waals surface area contributed by atoms with Gasteiger partial charge in [0.15, 0.2) is 11.5 Å². The van der Waals surface area contributed by atoms with Crippen molar-refractivity contribution in [2.75, 3.05) is 12.5 Å². The lowest BCUT2D eigenvalue weighted by Gasteiger charge is -2.14. The van der Waals surface area contributed by atoms with Gasteiger partial charge in [-0.1, -0.05) is 42.5 Å². The van der Waals surface area contributed by atoms with Gasteiger partial charge in [-0.3, -0.25) is 0 Å². The van der Waals surface area contributed by atoms with E-state index in [1.54, 1.807) is 42.5 Å². The summed E-state index contributed by atoms with van der Waals surface area (Å²) >= 11 is 0. The highest BCUT2D eigenvalue weighted by Gasteiger charge is 2.20. The molecule has 0 aliphatic heterocycles. The first-order valence-electron chi connectivity index (χ1n) is 6.13. The largest absolute Gasteiger partial charge is 0.379 e. The molecular weight excluding hydrogens is 328 g/mol. The maximum atomic E-state index is 11.5. The van der Waals surface area contributed by atoms with Gasteiger partial charge in [0.25, 0.3) is 0 Å². The molecule has 0 saturated carbocycles. The third-order valence-corrected chi connectivity index (χ3v) is 3.49. The molecule has 0 fully saturated rings. The van der Waals surface area contributed by atoms with Gasteiger partial charge in [-0.05, 0) is 11.6 Å². The molecule has 0 heterocycles. The Bertz CT molecular complexity index is 871. The van der Waals surface area contributed by atoms with E-state index in [-0.39, 0.29) is 11.5 Å². The van der Waals surface area contributed by atoms with E-state index < -0.39 is 20.2 Å². The molecular formula is C14H14O6S2. The monoisotopic (exact) mass is 342 g/mol. The summed E-state index contributed by atoms with van der Waals surface area (Å²) in [5, 5.41) is 0. The van der Waals surface area contributed by atoms with Crippen molar-refractivity contribution in [3.05, 3.63) is 48.5 Å². The molecule has 0 aromatic heterocycles. The van der Waals surface area contributed by atoms with Crippen molar-refractivity contribution in [2.24, 2.45) is 0 Å². The minimum Gasteiger partial charge on any atom is -0.379 e. The predicted octanol–water partition coefficient (Wildman–Crippen LogP) is 2.03. The number of para-hydroxylation sites is 1. The molecule has 6 nitrogen and oxygen atoms in total. The Balaban J connectivity index is 2.66.